The summed E-state index contributed by atoms with van der Waals surface area (Å²) in [6.07, 6.45) is 11.6. The van der Waals surface area contributed by atoms with Crippen molar-refractivity contribution in [3.8, 4) is 11.4 Å². The molecular weight excluding hydrogens is 408 g/mol. The van der Waals surface area contributed by atoms with E-state index >= 15 is 0 Å². The number of hydrogen-bond acceptors (Lipinski definition) is 5. The Labute approximate surface area is 188 Å². The maximum Gasteiger partial charge on any atom is 0.230 e. The zero-order valence-electron chi connectivity index (χ0n) is 18.5. The fourth-order valence-electron chi connectivity index (χ4n) is 6.78. The summed E-state index contributed by atoms with van der Waals surface area (Å²) in [5, 5.41) is 12.8. The minimum atomic E-state index is 0.0856. The second-order valence-electron chi connectivity index (χ2n) is 9.95. The van der Waals surface area contributed by atoms with Crippen molar-refractivity contribution < 1.29 is 9.21 Å². The number of aromatic nitrogens is 3. The number of nitrogens with one attached hydrogen (secondary N) is 1. The molecule has 1 amide bonds. The quantitative estimate of drug-likeness (QED) is 0.469. The van der Waals surface area contributed by atoms with Gasteiger partial charge in [-0.1, -0.05) is 17.8 Å². The van der Waals surface area contributed by atoms with Crippen LogP contribution in [0, 0.1) is 30.1 Å². The van der Waals surface area contributed by atoms with Gasteiger partial charge in [-0.2, -0.15) is 0 Å². The van der Waals surface area contributed by atoms with Gasteiger partial charge in [0.1, 0.15) is 5.76 Å². The van der Waals surface area contributed by atoms with Gasteiger partial charge in [0.2, 0.25) is 5.91 Å². The third-order valence-electron chi connectivity index (χ3n) is 7.84. The third kappa shape index (κ3) is 3.86. The van der Waals surface area contributed by atoms with E-state index in [4.69, 9.17) is 4.42 Å². The second kappa shape index (κ2) is 8.15. The summed E-state index contributed by atoms with van der Waals surface area (Å²) in [6.45, 7) is 8.58. The van der Waals surface area contributed by atoms with E-state index in [2.05, 4.69) is 29.0 Å². The lowest BCUT2D eigenvalue weighted by Gasteiger charge is -2.59. The Hall–Kier alpha value is -2.02. The summed E-state index contributed by atoms with van der Waals surface area (Å²) < 4.78 is 7.42. The number of carbonyl (C=O) groups excluding carboxylic acids is 1. The molecule has 6 nitrogen and oxygen atoms in total. The van der Waals surface area contributed by atoms with Crippen LogP contribution in [-0.4, -0.2) is 32.5 Å². The van der Waals surface area contributed by atoms with E-state index in [1.807, 2.05) is 23.6 Å². The molecule has 0 aromatic carbocycles. The van der Waals surface area contributed by atoms with Gasteiger partial charge in [0, 0.05) is 12.6 Å². The lowest BCUT2D eigenvalue weighted by molar-refractivity contribution is -0.123. The Morgan fingerprint density at radius 2 is 2.00 bits per heavy atom. The van der Waals surface area contributed by atoms with Crippen LogP contribution in [0.3, 0.4) is 0 Å². The number of amides is 1. The normalized spacial score (nSPS) is 29.8. The van der Waals surface area contributed by atoms with E-state index in [1.165, 1.54) is 50.3 Å². The maximum atomic E-state index is 12.9. The molecule has 4 bridgehead atoms. The Bertz CT molecular complexity index is 943. The van der Waals surface area contributed by atoms with Crippen LogP contribution in [0.4, 0.5) is 0 Å². The van der Waals surface area contributed by atoms with Crippen molar-refractivity contribution in [1.29, 1.82) is 0 Å². The first-order valence-electron chi connectivity index (χ1n) is 11.5. The first-order valence-corrected chi connectivity index (χ1v) is 12.5. The summed E-state index contributed by atoms with van der Waals surface area (Å²) in [5.74, 6) is 4.65. The number of rotatable bonds is 8. The molecule has 2 aromatic heterocycles. The highest BCUT2D eigenvalue weighted by Crippen LogP contribution is 2.61. The molecule has 2 heterocycles. The van der Waals surface area contributed by atoms with Gasteiger partial charge in [0.05, 0.1) is 17.6 Å². The first-order chi connectivity index (χ1) is 15.0. The Balaban J connectivity index is 1.23. The molecule has 166 valence electrons. The lowest BCUT2D eigenvalue weighted by Crippen LogP contribution is -2.56. The molecule has 6 rings (SSSR count). The molecule has 1 N–H and O–H groups in total. The monoisotopic (exact) mass is 440 g/mol. The summed E-state index contributed by atoms with van der Waals surface area (Å²) >= 11 is 1.44. The summed E-state index contributed by atoms with van der Waals surface area (Å²) in [7, 11) is 0. The number of hydrogen-bond donors (Lipinski definition) is 1. The van der Waals surface area contributed by atoms with Gasteiger partial charge >= 0.3 is 0 Å². The van der Waals surface area contributed by atoms with Crippen molar-refractivity contribution in [3.05, 3.63) is 30.7 Å². The van der Waals surface area contributed by atoms with Crippen molar-refractivity contribution in [3.63, 3.8) is 0 Å². The number of thioether (sulfide) groups is 1. The molecule has 4 aliphatic rings. The molecule has 0 radical (unpaired) electrons. The van der Waals surface area contributed by atoms with Gasteiger partial charge in [0.15, 0.2) is 11.0 Å². The summed E-state index contributed by atoms with van der Waals surface area (Å²) in [4.78, 5) is 12.9. The smallest absolute Gasteiger partial charge is 0.230 e. The molecule has 0 aliphatic heterocycles. The highest BCUT2D eigenvalue weighted by atomic mass is 32.2. The van der Waals surface area contributed by atoms with Gasteiger partial charge in [0.25, 0.3) is 0 Å². The number of carbonyl (C=O) groups is 1. The fourth-order valence-corrected chi connectivity index (χ4v) is 7.54. The predicted octanol–water partition coefficient (Wildman–Crippen LogP) is 4.85. The van der Waals surface area contributed by atoms with Crippen LogP contribution in [0.25, 0.3) is 11.4 Å². The standard InChI is InChI=1S/C24H32N4O2S/c1-4-6-28-22(20-5-7-30-15(20)2)26-27-23(28)31-14-21(29)25-16(3)24-11-17-8-18(12-24)10-19(9-17)13-24/h4-5,7,16-19H,1,6,8-14H2,2-3H3,(H,25,29). The van der Waals surface area contributed by atoms with Gasteiger partial charge in [-0.05, 0) is 81.6 Å². The summed E-state index contributed by atoms with van der Waals surface area (Å²) in [5.41, 5.74) is 1.24. The minimum absolute atomic E-state index is 0.0856. The molecule has 0 saturated heterocycles. The third-order valence-corrected chi connectivity index (χ3v) is 8.81. The van der Waals surface area contributed by atoms with Gasteiger partial charge < -0.3 is 9.73 Å². The molecule has 4 fully saturated rings. The van der Waals surface area contributed by atoms with E-state index < -0.39 is 0 Å². The van der Waals surface area contributed by atoms with Crippen LogP contribution in [0.5, 0.6) is 0 Å². The van der Waals surface area contributed by atoms with E-state index in [1.54, 1.807) is 6.26 Å². The lowest BCUT2D eigenvalue weighted by atomic mass is 9.48. The van der Waals surface area contributed by atoms with Crippen molar-refractivity contribution >= 4 is 17.7 Å². The molecule has 1 unspecified atom stereocenters. The number of allylic oxidation sites excluding steroid dienone is 1. The topological polar surface area (TPSA) is 73.0 Å². The fraction of sp³-hybridized carbons (Fsp3) is 0.625. The van der Waals surface area contributed by atoms with Gasteiger partial charge in [-0.15, -0.1) is 16.8 Å². The van der Waals surface area contributed by atoms with Crippen LogP contribution in [0.1, 0.15) is 51.2 Å². The van der Waals surface area contributed by atoms with Gasteiger partial charge in [-0.3, -0.25) is 9.36 Å². The van der Waals surface area contributed by atoms with E-state index in [9.17, 15) is 4.79 Å². The second-order valence-corrected chi connectivity index (χ2v) is 10.9. The van der Waals surface area contributed by atoms with Crippen LogP contribution < -0.4 is 5.32 Å². The number of nitrogens with zero attached hydrogens (tertiary/aromatic N) is 3. The number of aryl methyl sites for hydroxylation is 1. The molecule has 2 aromatic rings. The maximum absolute atomic E-state index is 12.9. The predicted molar refractivity (Wildman–Crippen MR) is 122 cm³/mol. The average molecular weight is 441 g/mol. The van der Waals surface area contributed by atoms with Crippen molar-refractivity contribution in [2.75, 3.05) is 5.75 Å². The van der Waals surface area contributed by atoms with Gasteiger partial charge in [-0.25, -0.2) is 0 Å². The molecule has 1 atom stereocenters. The largest absolute Gasteiger partial charge is 0.469 e. The molecule has 4 saturated carbocycles. The van der Waals surface area contributed by atoms with Crippen molar-refractivity contribution in [2.45, 2.75) is 70.1 Å². The Morgan fingerprint density at radius 1 is 1.32 bits per heavy atom. The van der Waals surface area contributed by atoms with Crippen molar-refractivity contribution in [1.82, 2.24) is 20.1 Å². The zero-order chi connectivity index (χ0) is 21.6. The number of furan rings is 1. The zero-order valence-corrected chi connectivity index (χ0v) is 19.3. The SMILES string of the molecule is C=CCn1c(SCC(=O)NC(C)C23CC4CC(CC(C4)C2)C3)nnc1-c1ccoc1C. The minimum Gasteiger partial charge on any atom is -0.469 e. The van der Waals surface area contributed by atoms with E-state index in [-0.39, 0.29) is 11.9 Å². The first kappa shape index (κ1) is 20.9. The molecule has 7 heteroatoms. The van der Waals surface area contributed by atoms with Crippen LogP contribution in [-0.2, 0) is 11.3 Å². The van der Waals surface area contributed by atoms with Crippen LogP contribution in [0.15, 0.2) is 34.6 Å². The van der Waals surface area contributed by atoms with Crippen molar-refractivity contribution in [2.24, 2.45) is 23.2 Å². The molecular formula is C24H32N4O2S. The Kier molecular flexibility index (Phi) is 5.49. The molecule has 4 aliphatic carbocycles. The Morgan fingerprint density at radius 3 is 2.58 bits per heavy atom. The molecule has 0 spiro atoms. The van der Waals surface area contributed by atoms with E-state index in [0.717, 1.165) is 40.1 Å². The van der Waals surface area contributed by atoms with E-state index in [0.29, 0.717) is 17.7 Å². The molecule has 31 heavy (non-hydrogen) atoms. The highest BCUT2D eigenvalue weighted by Gasteiger charge is 2.53. The summed E-state index contributed by atoms with van der Waals surface area (Å²) in [6, 6.07) is 2.14. The highest BCUT2D eigenvalue weighted by molar-refractivity contribution is 7.99. The van der Waals surface area contributed by atoms with Crippen LogP contribution >= 0.6 is 11.8 Å². The van der Waals surface area contributed by atoms with Crippen LogP contribution in [0.2, 0.25) is 0 Å². The average Bonchev–Trinajstić information content (AvgIpc) is 3.31.